The molecule has 0 aliphatic rings. The van der Waals surface area contributed by atoms with Crippen LogP contribution in [-0.4, -0.2) is 14.7 Å². The van der Waals surface area contributed by atoms with Gasteiger partial charge in [-0.25, -0.2) is 4.98 Å². The molecule has 0 aliphatic heterocycles. The van der Waals surface area contributed by atoms with Crippen molar-refractivity contribution in [1.29, 1.82) is 0 Å². The van der Waals surface area contributed by atoms with Gasteiger partial charge in [0.1, 0.15) is 11.4 Å². The standard InChI is InChI=1S/C19H20BrN3O/c1-19(2,24)17-12-23(15-9-7-14(20)8-10-15)18(22-17)11-13-5-3-4-6-16(13)21/h3-10,12,24H,11,21H2,1-2H3. The van der Waals surface area contributed by atoms with E-state index in [1.54, 1.807) is 13.8 Å². The van der Waals surface area contributed by atoms with Crippen molar-refractivity contribution >= 4 is 21.6 Å². The summed E-state index contributed by atoms with van der Waals surface area (Å²) in [6, 6.07) is 15.8. The molecule has 0 radical (unpaired) electrons. The van der Waals surface area contributed by atoms with Gasteiger partial charge in [-0.15, -0.1) is 0 Å². The summed E-state index contributed by atoms with van der Waals surface area (Å²) < 4.78 is 3.02. The van der Waals surface area contributed by atoms with E-state index in [2.05, 4.69) is 20.9 Å². The molecule has 0 bridgehead atoms. The zero-order valence-electron chi connectivity index (χ0n) is 13.7. The molecule has 1 heterocycles. The Morgan fingerprint density at radius 3 is 2.42 bits per heavy atom. The second kappa shape index (κ2) is 6.42. The van der Waals surface area contributed by atoms with E-state index in [-0.39, 0.29) is 0 Å². The van der Waals surface area contributed by atoms with Gasteiger partial charge in [-0.2, -0.15) is 0 Å². The lowest BCUT2D eigenvalue weighted by atomic mass is 10.1. The molecule has 3 N–H and O–H groups in total. The molecule has 0 fully saturated rings. The lowest BCUT2D eigenvalue weighted by molar-refractivity contribution is 0.0741. The number of rotatable bonds is 4. The molecule has 24 heavy (non-hydrogen) atoms. The molecule has 124 valence electrons. The molecule has 0 saturated heterocycles. The molecule has 3 aromatic rings. The van der Waals surface area contributed by atoms with Gasteiger partial charge >= 0.3 is 0 Å². The summed E-state index contributed by atoms with van der Waals surface area (Å²) in [6.07, 6.45) is 2.48. The number of para-hydroxylation sites is 1. The van der Waals surface area contributed by atoms with Crippen LogP contribution in [0.2, 0.25) is 0 Å². The van der Waals surface area contributed by atoms with Gasteiger partial charge in [-0.05, 0) is 49.7 Å². The molecule has 0 amide bonds. The van der Waals surface area contributed by atoms with Gasteiger partial charge in [0.2, 0.25) is 0 Å². The number of nitrogens with zero attached hydrogens (tertiary/aromatic N) is 2. The number of benzene rings is 2. The largest absolute Gasteiger partial charge is 0.398 e. The quantitative estimate of drug-likeness (QED) is 0.666. The van der Waals surface area contributed by atoms with E-state index >= 15 is 0 Å². The molecule has 0 aliphatic carbocycles. The first-order valence-corrected chi connectivity index (χ1v) is 8.54. The van der Waals surface area contributed by atoms with Crippen LogP contribution in [0.5, 0.6) is 0 Å². The van der Waals surface area contributed by atoms with Crippen LogP contribution in [0.3, 0.4) is 0 Å². The SMILES string of the molecule is CC(C)(O)c1cn(-c2ccc(Br)cc2)c(Cc2ccccc2N)n1. The number of nitrogens with two attached hydrogens (primary N) is 1. The zero-order valence-corrected chi connectivity index (χ0v) is 15.3. The summed E-state index contributed by atoms with van der Waals surface area (Å²) in [5, 5.41) is 10.3. The average Bonchev–Trinajstić information content (AvgIpc) is 2.94. The third kappa shape index (κ3) is 3.52. The Balaban J connectivity index is 2.08. The van der Waals surface area contributed by atoms with Crippen molar-refractivity contribution in [2.45, 2.75) is 25.9 Å². The molecule has 4 nitrogen and oxygen atoms in total. The third-order valence-electron chi connectivity index (χ3n) is 3.91. The van der Waals surface area contributed by atoms with Gasteiger partial charge in [0.25, 0.3) is 0 Å². The maximum atomic E-state index is 10.3. The minimum absolute atomic E-state index is 0.596. The van der Waals surface area contributed by atoms with E-state index in [0.29, 0.717) is 12.1 Å². The molecule has 5 heteroatoms. The number of aliphatic hydroxyl groups is 1. The summed E-state index contributed by atoms with van der Waals surface area (Å²) in [6.45, 7) is 3.48. The Labute approximate surface area is 150 Å². The van der Waals surface area contributed by atoms with Crippen LogP contribution < -0.4 is 5.73 Å². The maximum absolute atomic E-state index is 10.3. The van der Waals surface area contributed by atoms with Gasteiger partial charge in [0, 0.05) is 28.5 Å². The van der Waals surface area contributed by atoms with Crippen molar-refractivity contribution < 1.29 is 5.11 Å². The average molecular weight is 386 g/mol. The molecule has 3 rings (SSSR count). The first-order chi connectivity index (χ1) is 11.3. The lowest BCUT2D eigenvalue weighted by Gasteiger charge is -2.12. The van der Waals surface area contributed by atoms with E-state index in [1.807, 2.05) is 59.3 Å². The van der Waals surface area contributed by atoms with Crippen LogP contribution in [-0.2, 0) is 12.0 Å². The Morgan fingerprint density at radius 2 is 1.79 bits per heavy atom. The highest BCUT2D eigenvalue weighted by Crippen LogP contribution is 2.25. The molecule has 0 unspecified atom stereocenters. The minimum Gasteiger partial charge on any atom is -0.398 e. The molecule has 0 atom stereocenters. The Hall–Kier alpha value is -2.11. The minimum atomic E-state index is -1.00. The Bertz CT molecular complexity index is 848. The smallest absolute Gasteiger partial charge is 0.118 e. The predicted molar refractivity (Wildman–Crippen MR) is 100 cm³/mol. The molecule has 2 aromatic carbocycles. The van der Waals surface area contributed by atoms with Crippen molar-refractivity contribution in [1.82, 2.24) is 9.55 Å². The number of hydrogen-bond acceptors (Lipinski definition) is 3. The van der Waals surface area contributed by atoms with Gasteiger partial charge in [0.05, 0.1) is 5.69 Å². The summed E-state index contributed by atoms with van der Waals surface area (Å²) in [5.74, 6) is 0.840. The van der Waals surface area contributed by atoms with Crippen molar-refractivity contribution in [2.75, 3.05) is 5.73 Å². The monoisotopic (exact) mass is 385 g/mol. The van der Waals surface area contributed by atoms with Crippen LogP contribution in [0.15, 0.2) is 59.2 Å². The molecule has 0 spiro atoms. The van der Waals surface area contributed by atoms with Crippen LogP contribution in [0.1, 0.15) is 30.9 Å². The van der Waals surface area contributed by atoms with E-state index in [9.17, 15) is 5.11 Å². The summed E-state index contributed by atoms with van der Waals surface area (Å²) >= 11 is 3.46. The highest BCUT2D eigenvalue weighted by Gasteiger charge is 2.22. The number of nitrogen functional groups attached to an aromatic ring is 1. The fraction of sp³-hybridized carbons (Fsp3) is 0.211. The van der Waals surface area contributed by atoms with Crippen molar-refractivity contribution in [2.24, 2.45) is 0 Å². The highest BCUT2D eigenvalue weighted by molar-refractivity contribution is 9.10. The van der Waals surface area contributed by atoms with Gasteiger partial charge < -0.3 is 15.4 Å². The molecule has 1 aromatic heterocycles. The first kappa shape index (κ1) is 16.7. The van der Waals surface area contributed by atoms with E-state index in [4.69, 9.17) is 5.73 Å². The topological polar surface area (TPSA) is 64.1 Å². The summed E-state index contributed by atoms with van der Waals surface area (Å²) in [5.41, 5.74) is 8.46. The second-order valence-electron chi connectivity index (χ2n) is 6.32. The number of halogens is 1. The second-order valence-corrected chi connectivity index (χ2v) is 7.24. The number of hydrogen-bond donors (Lipinski definition) is 2. The van der Waals surface area contributed by atoms with Crippen molar-refractivity contribution in [3.05, 3.63) is 76.3 Å². The Morgan fingerprint density at radius 1 is 1.12 bits per heavy atom. The predicted octanol–water partition coefficient (Wildman–Crippen LogP) is 4.04. The van der Waals surface area contributed by atoms with E-state index < -0.39 is 5.60 Å². The molecule has 0 saturated carbocycles. The van der Waals surface area contributed by atoms with Crippen LogP contribution in [0, 0.1) is 0 Å². The molecular weight excluding hydrogens is 366 g/mol. The number of imidazole rings is 1. The van der Waals surface area contributed by atoms with Gasteiger partial charge in [0.15, 0.2) is 0 Å². The zero-order chi connectivity index (χ0) is 17.3. The van der Waals surface area contributed by atoms with Crippen molar-refractivity contribution in [3.63, 3.8) is 0 Å². The number of aromatic nitrogens is 2. The Kier molecular flexibility index (Phi) is 4.47. The van der Waals surface area contributed by atoms with Crippen LogP contribution in [0.4, 0.5) is 5.69 Å². The molecular formula is C19H20BrN3O. The van der Waals surface area contributed by atoms with E-state index in [0.717, 1.165) is 27.2 Å². The van der Waals surface area contributed by atoms with E-state index in [1.165, 1.54) is 0 Å². The van der Waals surface area contributed by atoms with Gasteiger partial charge in [-0.1, -0.05) is 34.1 Å². The third-order valence-corrected chi connectivity index (χ3v) is 4.44. The van der Waals surface area contributed by atoms with Crippen LogP contribution in [0.25, 0.3) is 5.69 Å². The maximum Gasteiger partial charge on any atom is 0.118 e. The fourth-order valence-electron chi connectivity index (χ4n) is 2.53. The van der Waals surface area contributed by atoms with Gasteiger partial charge in [-0.3, -0.25) is 0 Å². The van der Waals surface area contributed by atoms with Crippen molar-refractivity contribution in [3.8, 4) is 5.69 Å². The first-order valence-electron chi connectivity index (χ1n) is 7.75. The number of anilines is 1. The normalized spacial score (nSPS) is 11.7. The summed E-state index contributed by atoms with van der Waals surface area (Å²) in [4.78, 5) is 4.66. The summed E-state index contributed by atoms with van der Waals surface area (Å²) in [7, 11) is 0. The highest BCUT2D eigenvalue weighted by atomic mass is 79.9. The van der Waals surface area contributed by atoms with Crippen LogP contribution >= 0.6 is 15.9 Å². The lowest BCUT2D eigenvalue weighted by Crippen LogP contribution is -2.16. The fourth-order valence-corrected chi connectivity index (χ4v) is 2.79.